The van der Waals surface area contributed by atoms with Gasteiger partial charge in [-0.15, -0.1) is 0 Å². The van der Waals surface area contributed by atoms with Crippen molar-refractivity contribution in [1.82, 2.24) is 16.0 Å². The van der Waals surface area contributed by atoms with Crippen LogP contribution in [0.15, 0.2) is 0 Å². The lowest BCUT2D eigenvalue weighted by Gasteiger charge is -2.27. The molecular formula is C18H32N4O7S. The highest BCUT2D eigenvalue weighted by molar-refractivity contribution is 7.98. The van der Waals surface area contributed by atoms with E-state index in [1.807, 2.05) is 13.2 Å². The maximum absolute atomic E-state index is 12.8. The highest BCUT2D eigenvalue weighted by Crippen LogP contribution is 2.10. The molecule has 7 N–H and O–H groups in total. The van der Waals surface area contributed by atoms with Crippen molar-refractivity contribution in [3.8, 4) is 0 Å². The van der Waals surface area contributed by atoms with Gasteiger partial charge in [-0.3, -0.25) is 19.2 Å². The van der Waals surface area contributed by atoms with E-state index >= 15 is 0 Å². The zero-order valence-corrected chi connectivity index (χ0v) is 18.3. The fourth-order valence-electron chi connectivity index (χ4n) is 2.50. The molecule has 0 aromatic heterocycles. The van der Waals surface area contributed by atoms with Crippen LogP contribution in [0.2, 0.25) is 0 Å². The molecule has 4 atom stereocenters. The van der Waals surface area contributed by atoms with E-state index in [0.29, 0.717) is 12.2 Å². The van der Waals surface area contributed by atoms with Crippen LogP contribution in [-0.2, 0) is 24.0 Å². The van der Waals surface area contributed by atoms with E-state index in [0.717, 1.165) is 0 Å². The molecule has 30 heavy (non-hydrogen) atoms. The van der Waals surface area contributed by atoms with E-state index in [-0.39, 0.29) is 25.3 Å². The molecule has 0 saturated carbocycles. The Balaban J connectivity index is 5.36. The van der Waals surface area contributed by atoms with Gasteiger partial charge in [-0.05, 0) is 30.8 Å². The number of aliphatic carboxylic acids is 2. The van der Waals surface area contributed by atoms with Crippen LogP contribution in [-0.4, -0.2) is 76.6 Å². The van der Waals surface area contributed by atoms with Gasteiger partial charge in [0, 0.05) is 6.42 Å². The minimum Gasteiger partial charge on any atom is -0.481 e. The quantitative estimate of drug-likeness (QED) is 0.185. The first-order valence-corrected chi connectivity index (χ1v) is 11.0. The Kier molecular flexibility index (Phi) is 13.5. The summed E-state index contributed by atoms with van der Waals surface area (Å²) in [6.45, 7) is 3.32. The molecule has 0 fully saturated rings. The van der Waals surface area contributed by atoms with Gasteiger partial charge in [-0.2, -0.15) is 11.8 Å². The van der Waals surface area contributed by atoms with Crippen molar-refractivity contribution in [3.63, 3.8) is 0 Å². The van der Waals surface area contributed by atoms with Gasteiger partial charge in [-0.25, -0.2) is 4.79 Å². The van der Waals surface area contributed by atoms with Crippen molar-refractivity contribution in [1.29, 1.82) is 0 Å². The highest BCUT2D eigenvalue weighted by atomic mass is 32.2. The summed E-state index contributed by atoms with van der Waals surface area (Å²) in [5.74, 6) is -4.10. The van der Waals surface area contributed by atoms with Crippen molar-refractivity contribution >= 4 is 41.4 Å². The summed E-state index contributed by atoms with van der Waals surface area (Å²) >= 11 is 1.44. The zero-order chi connectivity index (χ0) is 23.3. The van der Waals surface area contributed by atoms with E-state index in [9.17, 15) is 29.1 Å². The molecule has 0 radical (unpaired) electrons. The Hall–Kier alpha value is -2.34. The van der Waals surface area contributed by atoms with Gasteiger partial charge >= 0.3 is 11.9 Å². The number of hydrogen-bond donors (Lipinski definition) is 6. The largest absolute Gasteiger partial charge is 0.481 e. The monoisotopic (exact) mass is 448 g/mol. The third kappa shape index (κ3) is 10.4. The second kappa shape index (κ2) is 14.6. The average Bonchev–Trinajstić information content (AvgIpc) is 2.70. The van der Waals surface area contributed by atoms with Crippen LogP contribution in [0.1, 0.15) is 39.5 Å². The Labute approximate surface area is 179 Å². The number of thioether (sulfide) groups is 1. The number of nitrogens with two attached hydrogens (primary N) is 1. The summed E-state index contributed by atoms with van der Waals surface area (Å²) in [4.78, 5) is 59.1. The molecular weight excluding hydrogens is 416 g/mol. The summed E-state index contributed by atoms with van der Waals surface area (Å²) in [6.07, 6.45) is 1.90. The predicted molar refractivity (Wildman–Crippen MR) is 112 cm³/mol. The van der Waals surface area contributed by atoms with Crippen LogP contribution in [0.4, 0.5) is 0 Å². The summed E-state index contributed by atoms with van der Waals surface area (Å²) in [6, 6.07) is -3.35. The Morgan fingerprint density at radius 2 is 1.57 bits per heavy atom. The molecule has 0 aliphatic heterocycles. The summed E-state index contributed by atoms with van der Waals surface area (Å²) in [7, 11) is 0. The highest BCUT2D eigenvalue weighted by Gasteiger charge is 2.31. The molecule has 12 heteroatoms. The van der Waals surface area contributed by atoms with Crippen LogP contribution in [0.5, 0.6) is 0 Å². The smallest absolute Gasteiger partial charge is 0.326 e. The van der Waals surface area contributed by atoms with Crippen LogP contribution in [0.25, 0.3) is 0 Å². The first-order chi connectivity index (χ1) is 14.1. The van der Waals surface area contributed by atoms with Crippen molar-refractivity contribution in [2.75, 3.05) is 18.6 Å². The number of nitrogens with one attached hydrogen (secondary N) is 3. The molecule has 0 rings (SSSR count). The number of carboxylic acids is 2. The van der Waals surface area contributed by atoms with Crippen LogP contribution >= 0.6 is 11.8 Å². The maximum Gasteiger partial charge on any atom is 0.326 e. The molecule has 3 amide bonds. The van der Waals surface area contributed by atoms with Gasteiger partial charge < -0.3 is 31.9 Å². The zero-order valence-electron chi connectivity index (χ0n) is 17.5. The number of carbonyl (C=O) groups is 5. The number of carbonyl (C=O) groups excluding carboxylic acids is 3. The number of hydrogen-bond acceptors (Lipinski definition) is 7. The van der Waals surface area contributed by atoms with Crippen LogP contribution < -0.4 is 21.7 Å². The van der Waals surface area contributed by atoms with E-state index in [1.165, 1.54) is 11.8 Å². The molecule has 0 bridgehead atoms. The van der Waals surface area contributed by atoms with E-state index < -0.39 is 54.2 Å². The second-order valence-corrected chi connectivity index (χ2v) is 7.79. The maximum atomic E-state index is 12.8. The van der Waals surface area contributed by atoms with E-state index in [4.69, 9.17) is 10.8 Å². The topological polar surface area (TPSA) is 188 Å². The standard InChI is InChI=1S/C18H32N4O7S/c1-4-10(2)15(22-13(23)9-19)17(27)20-11(7-8-30-3)16(26)21-12(18(28)29)5-6-14(24)25/h10-12,15H,4-9,19H2,1-3H3,(H,20,27)(H,21,26)(H,22,23)(H,24,25)(H,28,29). The van der Waals surface area contributed by atoms with Crippen molar-refractivity contribution < 1.29 is 34.2 Å². The van der Waals surface area contributed by atoms with Gasteiger partial charge in [0.15, 0.2) is 0 Å². The third-order valence-corrected chi connectivity index (χ3v) is 5.15. The molecule has 0 aliphatic rings. The van der Waals surface area contributed by atoms with E-state index in [2.05, 4.69) is 16.0 Å². The predicted octanol–water partition coefficient (Wildman–Crippen LogP) is -0.852. The van der Waals surface area contributed by atoms with E-state index in [1.54, 1.807) is 6.92 Å². The third-order valence-electron chi connectivity index (χ3n) is 4.50. The molecule has 4 unspecified atom stereocenters. The summed E-state index contributed by atoms with van der Waals surface area (Å²) in [5.41, 5.74) is 5.30. The average molecular weight is 449 g/mol. The Morgan fingerprint density at radius 3 is 2.03 bits per heavy atom. The van der Waals surface area contributed by atoms with Gasteiger partial charge in [0.1, 0.15) is 18.1 Å². The lowest BCUT2D eigenvalue weighted by atomic mass is 9.97. The second-order valence-electron chi connectivity index (χ2n) is 6.81. The minimum atomic E-state index is -1.40. The molecule has 0 aliphatic carbocycles. The molecule has 0 saturated heterocycles. The lowest BCUT2D eigenvalue weighted by Crippen LogP contribution is -2.57. The summed E-state index contributed by atoms with van der Waals surface area (Å²) < 4.78 is 0. The van der Waals surface area contributed by atoms with Gasteiger partial charge in [0.25, 0.3) is 0 Å². The summed E-state index contributed by atoms with van der Waals surface area (Å²) in [5, 5.41) is 25.4. The van der Waals surface area contributed by atoms with Crippen LogP contribution in [0, 0.1) is 5.92 Å². The molecule has 0 aromatic rings. The number of amides is 3. The van der Waals surface area contributed by atoms with Crippen molar-refractivity contribution in [3.05, 3.63) is 0 Å². The normalized spacial score (nSPS) is 14.7. The number of rotatable bonds is 15. The Morgan fingerprint density at radius 1 is 0.967 bits per heavy atom. The molecule has 172 valence electrons. The molecule has 0 aromatic carbocycles. The minimum absolute atomic E-state index is 0.224. The van der Waals surface area contributed by atoms with Crippen LogP contribution in [0.3, 0.4) is 0 Å². The first kappa shape index (κ1) is 27.7. The molecule has 11 nitrogen and oxygen atoms in total. The first-order valence-electron chi connectivity index (χ1n) is 9.60. The SMILES string of the molecule is CCC(C)C(NC(=O)CN)C(=O)NC(CCSC)C(=O)NC(CCC(=O)O)C(=O)O. The van der Waals surface area contributed by atoms with Gasteiger partial charge in [0.2, 0.25) is 17.7 Å². The van der Waals surface area contributed by atoms with Gasteiger partial charge in [-0.1, -0.05) is 20.3 Å². The fourth-order valence-corrected chi connectivity index (χ4v) is 2.97. The molecule has 0 heterocycles. The molecule has 0 spiro atoms. The van der Waals surface area contributed by atoms with Gasteiger partial charge in [0.05, 0.1) is 6.54 Å². The van der Waals surface area contributed by atoms with Crippen molar-refractivity contribution in [2.45, 2.75) is 57.7 Å². The Bertz CT molecular complexity index is 617. The fraction of sp³-hybridized carbons (Fsp3) is 0.722. The van der Waals surface area contributed by atoms with Crippen molar-refractivity contribution in [2.24, 2.45) is 11.7 Å². The number of carboxylic acid groups (broad SMARTS) is 2. The lowest BCUT2D eigenvalue weighted by molar-refractivity contribution is -0.143.